The Bertz CT molecular complexity index is 3390. The quantitative estimate of drug-likeness (QED) is 0.131. The van der Waals surface area contributed by atoms with Gasteiger partial charge in [0, 0.05) is 26.3 Å². The molecule has 0 N–H and O–H groups in total. The van der Waals surface area contributed by atoms with Gasteiger partial charge in [-0.15, -0.1) is 44.8 Å². The van der Waals surface area contributed by atoms with E-state index in [0.717, 1.165) is 48.1 Å². The van der Waals surface area contributed by atoms with Crippen LogP contribution in [0.25, 0.3) is 89.8 Å². The van der Waals surface area contributed by atoms with E-state index in [9.17, 15) is 0 Å². The molecule has 4 heterocycles. The number of benzene rings is 6. The standard InChI is InChI=1S/2C24H17N2.C6H4N5.Ir/c2*1-25-15-26(22-8-3-2-7-21(22)25)20-14-12-18-10-9-16-5-4-6-17-11-13-19(20)24(18)23(16)17;1-2-4-7-5(3-1)6-8-10-11-9-6;/h2*2-4,6-9,11-13H,5,10H2,1H3;1-4H;/q3*-1;. The van der Waals surface area contributed by atoms with Crippen LogP contribution < -0.4 is 14.2 Å². The number of nitrogens with zero attached hydrogens (tertiary/aromatic N) is 9. The van der Waals surface area contributed by atoms with Crippen molar-refractivity contribution in [1.82, 2.24) is 34.7 Å². The van der Waals surface area contributed by atoms with Gasteiger partial charge >= 0.3 is 0 Å². The molecule has 1 radical (unpaired) electrons. The maximum Gasteiger partial charge on any atom is 0.242 e. The molecular formula is C54H38IrN9-3. The zero-order valence-corrected chi connectivity index (χ0v) is 37.4. The number of hydrogen-bond donors (Lipinski definition) is 0. The number of aromatic nitrogens is 9. The van der Waals surface area contributed by atoms with Crippen LogP contribution in [0.5, 0.6) is 0 Å². The summed E-state index contributed by atoms with van der Waals surface area (Å²) in [4.78, 5) is 4.02. The molecule has 0 saturated heterocycles. The van der Waals surface area contributed by atoms with E-state index in [1.165, 1.54) is 77.1 Å². The van der Waals surface area contributed by atoms with Crippen LogP contribution in [0.4, 0.5) is 0 Å². The smallest absolute Gasteiger partial charge is 0.242 e. The zero-order valence-electron chi connectivity index (χ0n) is 35.0. The van der Waals surface area contributed by atoms with Gasteiger partial charge < -0.3 is 23.4 Å². The Kier molecular flexibility index (Phi) is 9.90. The van der Waals surface area contributed by atoms with Crippen molar-refractivity contribution in [2.24, 2.45) is 14.1 Å². The van der Waals surface area contributed by atoms with Crippen molar-refractivity contribution in [2.45, 2.75) is 25.7 Å². The monoisotopic (exact) mass is 1010 g/mol. The molecule has 0 saturated carbocycles. The molecule has 64 heavy (non-hydrogen) atoms. The van der Waals surface area contributed by atoms with Gasteiger partial charge in [-0.1, -0.05) is 127 Å². The molecule has 0 unspecified atom stereocenters. The molecule has 0 atom stereocenters. The molecule has 10 heteroatoms. The molecule has 0 bridgehead atoms. The van der Waals surface area contributed by atoms with Gasteiger partial charge in [0.15, 0.2) is 0 Å². The number of allylic oxidation sites excluding steroid dienone is 6. The molecule has 4 aliphatic carbocycles. The third kappa shape index (κ3) is 6.48. The van der Waals surface area contributed by atoms with Crippen molar-refractivity contribution in [2.75, 3.05) is 0 Å². The van der Waals surface area contributed by atoms with E-state index in [4.69, 9.17) is 0 Å². The first-order chi connectivity index (χ1) is 31.1. The largest absolute Gasteiger partial charge is 0.341 e. The van der Waals surface area contributed by atoms with E-state index in [0.29, 0.717) is 11.5 Å². The van der Waals surface area contributed by atoms with E-state index in [1.54, 1.807) is 12.3 Å². The first kappa shape index (κ1) is 39.5. The Morgan fingerprint density at radius 1 is 0.609 bits per heavy atom. The average molecular weight is 1010 g/mol. The summed E-state index contributed by atoms with van der Waals surface area (Å²) in [6, 6.07) is 42.8. The Labute approximate surface area is 383 Å². The number of rotatable bonds is 3. The summed E-state index contributed by atoms with van der Waals surface area (Å²) in [7, 11) is 4.10. The van der Waals surface area contributed by atoms with E-state index < -0.39 is 0 Å². The molecule has 0 fully saturated rings. The second-order valence-electron chi connectivity index (χ2n) is 16.2. The summed E-state index contributed by atoms with van der Waals surface area (Å²) in [6.07, 6.45) is 26.5. The summed E-state index contributed by atoms with van der Waals surface area (Å²) in [5.74, 6) is 0.464. The summed E-state index contributed by atoms with van der Waals surface area (Å²) in [5.41, 5.74) is 18.7. The third-order valence-corrected chi connectivity index (χ3v) is 12.6. The average Bonchev–Trinajstić information content (AvgIpc) is 4.09. The van der Waals surface area contributed by atoms with Crippen LogP contribution >= 0.6 is 0 Å². The topological polar surface area (TPSA) is 83.3 Å². The molecule has 4 aliphatic rings. The van der Waals surface area contributed by atoms with Gasteiger partial charge in [-0.25, -0.2) is 0 Å². The van der Waals surface area contributed by atoms with E-state index >= 15 is 0 Å². The maximum absolute atomic E-state index is 4.02. The van der Waals surface area contributed by atoms with Crippen molar-refractivity contribution in [1.29, 1.82) is 0 Å². The van der Waals surface area contributed by atoms with Crippen LogP contribution in [0.2, 0.25) is 0 Å². The van der Waals surface area contributed by atoms with Gasteiger partial charge in [0.25, 0.3) is 0 Å². The Morgan fingerprint density at radius 3 is 1.64 bits per heavy atom. The first-order valence-corrected chi connectivity index (χ1v) is 21.2. The molecule has 0 spiro atoms. The van der Waals surface area contributed by atoms with Gasteiger partial charge in [0.1, 0.15) is 0 Å². The molecule has 0 amide bonds. The van der Waals surface area contributed by atoms with Crippen LogP contribution in [-0.2, 0) is 47.0 Å². The maximum atomic E-state index is 4.02. The summed E-state index contributed by atoms with van der Waals surface area (Å²) >= 11 is 0. The minimum Gasteiger partial charge on any atom is -0.341 e. The van der Waals surface area contributed by atoms with E-state index in [-0.39, 0.29) is 20.1 Å². The Morgan fingerprint density at radius 2 is 1.14 bits per heavy atom. The fraction of sp³-hybridized carbons (Fsp3) is 0.111. The molecule has 10 aromatic rings. The molecule has 0 aliphatic heterocycles. The number of hydrogen-bond acceptors (Lipinski definition) is 4. The predicted octanol–water partition coefficient (Wildman–Crippen LogP) is 9.02. The second-order valence-corrected chi connectivity index (χ2v) is 16.2. The number of fused-ring (bicyclic) bond motifs is 2. The summed E-state index contributed by atoms with van der Waals surface area (Å²) in [6.45, 7) is 0. The fourth-order valence-electron chi connectivity index (χ4n) is 9.71. The van der Waals surface area contributed by atoms with Crippen molar-refractivity contribution in [3.8, 4) is 22.9 Å². The van der Waals surface area contributed by atoms with Crippen molar-refractivity contribution in [3.63, 3.8) is 0 Å². The molecule has 4 aromatic heterocycles. The third-order valence-electron chi connectivity index (χ3n) is 12.6. The number of pyridine rings is 1. The van der Waals surface area contributed by atoms with Gasteiger partial charge in [0.05, 0.1) is 47.7 Å². The van der Waals surface area contributed by atoms with Crippen molar-refractivity contribution in [3.05, 3.63) is 192 Å². The first-order valence-electron chi connectivity index (χ1n) is 21.2. The van der Waals surface area contributed by atoms with E-state index in [2.05, 4.69) is 190 Å². The van der Waals surface area contributed by atoms with E-state index in [1.807, 2.05) is 26.2 Å². The zero-order chi connectivity index (χ0) is 42.0. The minimum absolute atomic E-state index is 0. The number of aryl methyl sites for hydroxylation is 2. The minimum atomic E-state index is 0. The van der Waals surface area contributed by atoms with Gasteiger partial charge in [-0.05, 0) is 58.4 Å². The van der Waals surface area contributed by atoms with Gasteiger partial charge in [-0.3, -0.25) is 15.3 Å². The fourth-order valence-corrected chi connectivity index (χ4v) is 9.71. The summed E-state index contributed by atoms with van der Waals surface area (Å²) in [5, 5.41) is 19.3. The van der Waals surface area contributed by atoms with Crippen molar-refractivity contribution < 1.29 is 29.2 Å². The van der Waals surface area contributed by atoms with Crippen LogP contribution in [-0.4, -0.2) is 29.6 Å². The van der Waals surface area contributed by atoms with Crippen LogP contribution in [0, 0.1) is 24.8 Å². The number of para-hydroxylation sites is 4. The molecule has 311 valence electrons. The molecule has 9 nitrogen and oxygen atoms in total. The van der Waals surface area contributed by atoms with Gasteiger partial charge in [-0.2, -0.15) is 29.5 Å². The Balaban J connectivity index is 0.000000115. The van der Waals surface area contributed by atoms with Crippen LogP contribution in [0.3, 0.4) is 0 Å². The second kappa shape index (κ2) is 16.1. The Hall–Kier alpha value is -7.39. The predicted molar refractivity (Wildman–Crippen MR) is 246 cm³/mol. The number of tetrazole rings is 1. The SMILES string of the molecule is C[n+]1[c-]n(-c2[c-]cc3c4c5c(ccc24)C=CCC5=CC3)c2ccccc21.C[n+]1[c-]n(-c2[c-]cc3c4c5c(ccc24)C=CCC5=CC3)c2ccccc21.[Ir].c1ccc(-c2nnn[n-]2)nc1. The normalized spacial score (nSPS) is 13.8. The molecular weight excluding hydrogens is 967 g/mol. The number of imidazole rings is 2. The van der Waals surface area contributed by atoms with Crippen LogP contribution in [0.15, 0.2) is 134 Å². The summed E-state index contributed by atoms with van der Waals surface area (Å²) < 4.78 is 8.41. The molecule has 6 aromatic carbocycles. The molecule has 14 rings (SSSR count). The van der Waals surface area contributed by atoms with Crippen molar-refractivity contribution >= 4 is 66.9 Å². The van der Waals surface area contributed by atoms with Gasteiger partial charge in [0.2, 0.25) is 12.7 Å². The van der Waals surface area contributed by atoms with Crippen LogP contribution in [0.1, 0.15) is 46.2 Å².